The smallest absolute Gasteiger partial charge is 0.258 e. The third kappa shape index (κ3) is 1.93. The molecule has 0 aliphatic rings. The highest BCUT2D eigenvalue weighted by atomic mass is 16.5. The van der Waals surface area contributed by atoms with Crippen LogP contribution in [0.25, 0.3) is 22.8 Å². The van der Waals surface area contributed by atoms with Crippen molar-refractivity contribution in [1.29, 1.82) is 0 Å². The van der Waals surface area contributed by atoms with E-state index >= 15 is 0 Å². The van der Waals surface area contributed by atoms with Gasteiger partial charge in [-0.25, -0.2) is 0 Å². The first kappa shape index (κ1) is 11.3. The summed E-state index contributed by atoms with van der Waals surface area (Å²) in [4.78, 5) is 4.22. The molecule has 0 saturated heterocycles. The van der Waals surface area contributed by atoms with Gasteiger partial charge in [0.15, 0.2) is 11.5 Å². The number of aryl methyl sites for hydroxylation is 1. The molecule has 19 heavy (non-hydrogen) atoms. The number of hydrogen-bond donors (Lipinski definition) is 2. The second-order valence-electron chi connectivity index (χ2n) is 4.02. The number of aromatic hydroxyl groups is 2. The normalized spacial score (nSPS) is 10.8. The van der Waals surface area contributed by atoms with Gasteiger partial charge >= 0.3 is 0 Å². The highest BCUT2D eigenvalue weighted by molar-refractivity contribution is 5.63. The summed E-state index contributed by atoms with van der Waals surface area (Å²) in [6, 6.07) is 6.04. The predicted molar refractivity (Wildman–Crippen MR) is 65.5 cm³/mol. The van der Waals surface area contributed by atoms with E-state index in [1.807, 2.05) is 0 Å². The van der Waals surface area contributed by atoms with Crippen LogP contribution >= 0.6 is 0 Å². The van der Waals surface area contributed by atoms with Crippen LogP contribution in [0.15, 0.2) is 39.5 Å². The van der Waals surface area contributed by atoms with E-state index in [1.165, 1.54) is 12.1 Å². The van der Waals surface area contributed by atoms with Gasteiger partial charge in [-0.05, 0) is 31.2 Å². The molecule has 0 saturated carbocycles. The van der Waals surface area contributed by atoms with Gasteiger partial charge in [0, 0.05) is 5.56 Å². The van der Waals surface area contributed by atoms with E-state index in [2.05, 4.69) is 10.1 Å². The molecule has 6 nitrogen and oxygen atoms in total. The summed E-state index contributed by atoms with van der Waals surface area (Å²) in [5, 5.41) is 22.6. The summed E-state index contributed by atoms with van der Waals surface area (Å²) in [5.74, 6) is 0.923. The lowest BCUT2D eigenvalue weighted by Gasteiger charge is -1.98. The summed E-state index contributed by atoms with van der Waals surface area (Å²) in [5.41, 5.74) is 1.27. The van der Waals surface area contributed by atoms with Crippen molar-refractivity contribution in [3.8, 4) is 34.3 Å². The molecule has 6 heteroatoms. The fourth-order valence-electron chi connectivity index (χ4n) is 1.72. The highest BCUT2D eigenvalue weighted by Crippen LogP contribution is 2.31. The van der Waals surface area contributed by atoms with E-state index in [-0.39, 0.29) is 17.4 Å². The Morgan fingerprint density at radius 2 is 1.95 bits per heavy atom. The zero-order chi connectivity index (χ0) is 13.4. The Morgan fingerprint density at radius 3 is 2.63 bits per heavy atom. The van der Waals surface area contributed by atoms with E-state index in [0.717, 1.165) is 5.56 Å². The first-order valence-corrected chi connectivity index (χ1v) is 5.55. The Kier molecular flexibility index (Phi) is 2.49. The van der Waals surface area contributed by atoms with Gasteiger partial charge < -0.3 is 19.2 Å². The summed E-state index contributed by atoms with van der Waals surface area (Å²) < 4.78 is 10.3. The fourth-order valence-corrected chi connectivity index (χ4v) is 1.72. The number of nitrogens with zero attached hydrogens (tertiary/aromatic N) is 2. The Morgan fingerprint density at radius 1 is 1.11 bits per heavy atom. The maximum Gasteiger partial charge on any atom is 0.258 e. The second kappa shape index (κ2) is 4.16. The fraction of sp³-hybridized carbons (Fsp3) is 0.0769. The summed E-state index contributed by atoms with van der Waals surface area (Å²) in [6.45, 7) is 1.80. The van der Waals surface area contributed by atoms with Crippen molar-refractivity contribution in [2.75, 3.05) is 0 Å². The first-order valence-electron chi connectivity index (χ1n) is 5.55. The lowest BCUT2D eigenvalue weighted by Crippen LogP contribution is -1.81. The minimum atomic E-state index is -0.239. The standard InChI is InChI=1S/C13H10N2O4/c1-7-9(4-5-18-7)12-14-13(19-15-12)8-2-3-10(16)11(17)6-8/h2-6,16-17H,1H3. The molecule has 0 atom stereocenters. The van der Waals surface area contributed by atoms with Crippen LogP contribution in [0.3, 0.4) is 0 Å². The molecule has 0 unspecified atom stereocenters. The molecule has 2 heterocycles. The van der Waals surface area contributed by atoms with Gasteiger partial charge in [0.1, 0.15) is 5.76 Å². The van der Waals surface area contributed by atoms with Crippen LogP contribution < -0.4 is 0 Å². The van der Waals surface area contributed by atoms with Crippen LogP contribution in [-0.4, -0.2) is 20.4 Å². The lowest BCUT2D eigenvalue weighted by molar-refractivity contribution is 0.402. The van der Waals surface area contributed by atoms with Crippen molar-refractivity contribution >= 4 is 0 Å². The molecule has 1 aromatic carbocycles. The molecule has 0 amide bonds. The van der Waals surface area contributed by atoms with E-state index < -0.39 is 0 Å². The van der Waals surface area contributed by atoms with Gasteiger partial charge in [-0.2, -0.15) is 4.98 Å². The molecule has 0 aliphatic heterocycles. The van der Waals surface area contributed by atoms with Gasteiger partial charge in [-0.1, -0.05) is 5.16 Å². The molecular weight excluding hydrogens is 248 g/mol. The maximum absolute atomic E-state index is 9.44. The monoisotopic (exact) mass is 258 g/mol. The van der Waals surface area contributed by atoms with E-state index in [4.69, 9.17) is 8.94 Å². The topological polar surface area (TPSA) is 92.5 Å². The van der Waals surface area contributed by atoms with Gasteiger partial charge in [0.2, 0.25) is 5.82 Å². The molecule has 96 valence electrons. The van der Waals surface area contributed by atoms with Crippen LogP contribution in [0.5, 0.6) is 11.5 Å². The van der Waals surface area contributed by atoms with Crippen LogP contribution in [0.1, 0.15) is 5.76 Å². The van der Waals surface area contributed by atoms with E-state index in [1.54, 1.807) is 25.3 Å². The van der Waals surface area contributed by atoms with Gasteiger partial charge in [-0.15, -0.1) is 0 Å². The molecule has 0 fully saturated rings. The SMILES string of the molecule is Cc1occc1-c1noc(-c2ccc(O)c(O)c2)n1. The van der Waals surface area contributed by atoms with E-state index in [0.29, 0.717) is 17.1 Å². The van der Waals surface area contributed by atoms with Crippen molar-refractivity contribution in [3.05, 3.63) is 36.3 Å². The Bertz CT molecular complexity index is 730. The molecule has 0 radical (unpaired) electrons. The highest BCUT2D eigenvalue weighted by Gasteiger charge is 2.14. The molecule has 0 bridgehead atoms. The maximum atomic E-state index is 9.44. The van der Waals surface area contributed by atoms with Crippen LogP contribution in [0, 0.1) is 6.92 Å². The Balaban J connectivity index is 2.01. The molecule has 2 N–H and O–H groups in total. The van der Waals surface area contributed by atoms with Gasteiger partial charge in [-0.3, -0.25) is 0 Å². The molecule has 3 rings (SSSR count). The van der Waals surface area contributed by atoms with Crippen molar-refractivity contribution < 1.29 is 19.2 Å². The molecular formula is C13H10N2O4. The molecule has 0 aliphatic carbocycles. The quantitative estimate of drug-likeness (QED) is 0.686. The second-order valence-corrected chi connectivity index (χ2v) is 4.02. The third-order valence-electron chi connectivity index (χ3n) is 2.75. The van der Waals surface area contributed by atoms with Gasteiger partial charge in [0.25, 0.3) is 5.89 Å². The summed E-state index contributed by atoms with van der Waals surface area (Å²) in [7, 11) is 0. The van der Waals surface area contributed by atoms with Gasteiger partial charge in [0.05, 0.1) is 11.8 Å². The number of hydrogen-bond acceptors (Lipinski definition) is 6. The zero-order valence-electron chi connectivity index (χ0n) is 9.99. The number of phenols is 2. The Hall–Kier alpha value is -2.76. The lowest BCUT2D eigenvalue weighted by atomic mass is 10.2. The largest absolute Gasteiger partial charge is 0.504 e. The number of rotatable bonds is 2. The van der Waals surface area contributed by atoms with Crippen molar-refractivity contribution in [2.45, 2.75) is 6.92 Å². The first-order chi connectivity index (χ1) is 9.15. The minimum absolute atomic E-state index is 0.200. The Labute approximate surface area is 107 Å². The average molecular weight is 258 g/mol. The number of furan rings is 1. The van der Waals surface area contributed by atoms with Crippen LogP contribution in [0.4, 0.5) is 0 Å². The third-order valence-corrected chi connectivity index (χ3v) is 2.75. The predicted octanol–water partition coefficient (Wildman–Crippen LogP) is 2.72. The molecule has 2 aromatic heterocycles. The number of aromatic nitrogens is 2. The molecule has 0 spiro atoms. The minimum Gasteiger partial charge on any atom is -0.504 e. The van der Waals surface area contributed by atoms with Crippen molar-refractivity contribution in [1.82, 2.24) is 10.1 Å². The van der Waals surface area contributed by atoms with Crippen molar-refractivity contribution in [3.63, 3.8) is 0 Å². The summed E-state index contributed by atoms with van der Waals surface area (Å²) >= 11 is 0. The number of benzene rings is 1. The van der Waals surface area contributed by atoms with Crippen LogP contribution in [-0.2, 0) is 0 Å². The average Bonchev–Trinajstić information content (AvgIpc) is 3.01. The van der Waals surface area contributed by atoms with Crippen LogP contribution in [0.2, 0.25) is 0 Å². The number of phenolic OH excluding ortho intramolecular Hbond substituents is 2. The molecule has 3 aromatic rings. The van der Waals surface area contributed by atoms with E-state index in [9.17, 15) is 10.2 Å². The summed E-state index contributed by atoms with van der Waals surface area (Å²) in [6.07, 6.45) is 1.55. The zero-order valence-corrected chi connectivity index (χ0v) is 9.99. The van der Waals surface area contributed by atoms with Crippen molar-refractivity contribution in [2.24, 2.45) is 0 Å².